The number of benzene rings is 2. The van der Waals surface area contributed by atoms with E-state index in [1.165, 1.54) is 0 Å². The molecule has 0 aliphatic heterocycles. The van der Waals surface area contributed by atoms with Gasteiger partial charge in [0.25, 0.3) is 0 Å². The lowest BCUT2D eigenvalue weighted by atomic mass is 10.2. The van der Waals surface area contributed by atoms with Crippen LogP contribution in [0.2, 0.25) is 5.02 Å². The lowest BCUT2D eigenvalue weighted by Crippen LogP contribution is -1.97. The SMILES string of the molecule is Oc1cc(Cl)ccc1-c1nc2cc(Br)ccc2n1C1CC1. The third kappa shape index (κ3) is 2.23. The Bertz CT molecular complexity index is 855. The van der Waals surface area contributed by atoms with Gasteiger partial charge in [0.05, 0.1) is 16.6 Å². The number of hydrogen-bond acceptors (Lipinski definition) is 2. The molecule has 1 aliphatic carbocycles. The van der Waals surface area contributed by atoms with Crippen LogP contribution in [0, 0.1) is 0 Å². The quantitative estimate of drug-likeness (QED) is 0.683. The highest BCUT2D eigenvalue weighted by atomic mass is 79.9. The fraction of sp³-hybridized carbons (Fsp3) is 0.188. The fourth-order valence-electron chi connectivity index (χ4n) is 2.66. The summed E-state index contributed by atoms with van der Waals surface area (Å²) in [6, 6.07) is 11.7. The highest BCUT2D eigenvalue weighted by molar-refractivity contribution is 9.10. The molecule has 0 amide bonds. The third-order valence-electron chi connectivity index (χ3n) is 3.76. The molecule has 1 heterocycles. The molecule has 3 aromatic rings. The molecule has 0 spiro atoms. The van der Waals surface area contributed by atoms with Crippen LogP contribution in [0.3, 0.4) is 0 Å². The Morgan fingerprint density at radius 3 is 2.71 bits per heavy atom. The van der Waals surface area contributed by atoms with Crippen LogP contribution in [0.1, 0.15) is 18.9 Å². The number of aromatic hydroxyl groups is 1. The van der Waals surface area contributed by atoms with E-state index in [0.29, 0.717) is 11.1 Å². The summed E-state index contributed by atoms with van der Waals surface area (Å²) >= 11 is 9.41. The van der Waals surface area contributed by atoms with Crippen LogP contribution in [0.15, 0.2) is 40.9 Å². The van der Waals surface area contributed by atoms with E-state index in [0.717, 1.165) is 39.7 Å². The highest BCUT2D eigenvalue weighted by Crippen LogP contribution is 2.43. The molecule has 0 atom stereocenters. The zero-order valence-electron chi connectivity index (χ0n) is 11.1. The average molecular weight is 364 g/mol. The van der Waals surface area contributed by atoms with Crippen molar-refractivity contribution in [1.82, 2.24) is 9.55 Å². The highest BCUT2D eigenvalue weighted by Gasteiger charge is 2.29. The second kappa shape index (κ2) is 4.75. The van der Waals surface area contributed by atoms with E-state index in [9.17, 15) is 5.11 Å². The number of hydrogen-bond donors (Lipinski definition) is 1. The molecular formula is C16H12BrClN2O. The predicted octanol–water partition coefficient (Wildman–Crippen LogP) is 5.16. The summed E-state index contributed by atoms with van der Waals surface area (Å²) in [5.74, 6) is 0.971. The van der Waals surface area contributed by atoms with Crippen LogP contribution in [0.5, 0.6) is 5.75 Å². The molecule has 106 valence electrons. The van der Waals surface area contributed by atoms with Gasteiger partial charge in [-0.15, -0.1) is 0 Å². The average Bonchev–Trinajstić information content (AvgIpc) is 3.20. The summed E-state index contributed by atoms with van der Waals surface area (Å²) < 4.78 is 3.23. The molecule has 0 bridgehead atoms. The van der Waals surface area contributed by atoms with E-state index in [1.54, 1.807) is 12.1 Å². The van der Waals surface area contributed by atoms with Crippen molar-refractivity contribution < 1.29 is 5.11 Å². The Hall–Kier alpha value is -1.52. The van der Waals surface area contributed by atoms with Crippen molar-refractivity contribution in [2.24, 2.45) is 0 Å². The Morgan fingerprint density at radius 2 is 2.00 bits per heavy atom. The molecule has 1 N–H and O–H groups in total. The lowest BCUT2D eigenvalue weighted by molar-refractivity contribution is 0.476. The second-order valence-electron chi connectivity index (χ2n) is 5.33. The van der Waals surface area contributed by atoms with Crippen LogP contribution >= 0.6 is 27.5 Å². The van der Waals surface area contributed by atoms with Gasteiger partial charge in [0.2, 0.25) is 0 Å². The summed E-state index contributed by atoms with van der Waals surface area (Å²) in [6.07, 6.45) is 2.31. The minimum atomic E-state index is 0.166. The minimum absolute atomic E-state index is 0.166. The van der Waals surface area contributed by atoms with E-state index >= 15 is 0 Å². The number of fused-ring (bicyclic) bond motifs is 1. The summed E-state index contributed by atoms with van der Waals surface area (Å²) in [6.45, 7) is 0. The molecule has 2 aromatic carbocycles. The Kier molecular flexibility index (Phi) is 2.98. The van der Waals surface area contributed by atoms with Crippen molar-refractivity contribution in [3.63, 3.8) is 0 Å². The van der Waals surface area contributed by atoms with E-state index in [1.807, 2.05) is 18.2 Å². The van der Waals surface area contributed by atoms with Gasteiger partial charge < -0.3 is 9.67 Å². The van der Waals surface area contributed by atoms with Crippen molar-refractivity contribution in [2.75, 3.05) is 0 Å². The van der Waals surface area contributed by atoms with E-state index in [4.69, 9.17) is 16.6 Å². The van der Waals surface area contributed by atoms with Crippen LogP contribution < -0.4 is 0 Å². The van der Waals surface area contributed by atoms with Crippen molar-refractivity contribution in [2.45, 2.75) is 18.9 Å². The largest absolute Gasteiger partial charge is 0.507 e. The van der Waals surface area contributed by atoms with Crippen molar-refractivity contribution in [1.29, 1.82) is 0 Å². The van der Waals surface area contributed by atoms with Gasteiger partial charge in [0.1, 0.15) is 11.6 Å². The zero-order valence-corrected chi connectivity index (χ0v) is 13.4. The van der Waals surface area contributed by atoms with E-state index in [-0.39, 0.29) is 5.75 Å². The van der Waals surface area contributed by atoms with Gasteiger partial charge in [0, 0.05) is 15.5 Å². The summed E-state index contributed by atoms with van der Waals surface area (Å²) in [4.78, 5) is 4.73. The maximum Gasteiger partial charge on any atom is 0.145 e. The first-order chi connectivity index (χ1) is 10.1. The maximum absolute atomic E-state index is 10.2. The second-order valence-corrected chi connectivity index (χ2v) is 6.68. The van der Waals surface area contributed by atoms with Gasteiger partial charge >= 0.3 is 0 Å². The Labute approximate surface area is 135 Å². The van der Waals surface area contributed by atoms with Crippen molar-refractivity contribution in [3.05, 3.63) is 45.9 Å². The van der Waals surface area contributed by atoms with Crippen LogP contribution in [-0.2, 0) is 0 Å². The molecule has 0 radical (unpaired) electrons. The molecule has 0 saturated heterocycles. The zero-order chi connectivity index (χ0) is 14.6. The molecule has 1 aromatic heterocycles. The molecule has 1 saturated carbocycles. The Morgan fingerprint density at radius 1 is 1.19 bits per heavy atom. The molecule has 21 heavy (non-hydrogen) atoms. The first kappa shape index (κ1) is 13.2. The lowest BCUT2D eigenvalue weighted by Gasteiger charge is -2.09. The molecule has 3 nitrogen and oxygen atoms in total. The number of nitrogens with zero attached hydrogens (tertiary/aromatic N) is 2. The van der Waals surface area contributed by atoms with Crippen molar-refractivity contribution in [3.8, 4) is 17.1 Å². The first-order valence-corrected chi connectivity index (χ1v) is 7.97. The fourth-order valence-corrected chi connectivity index (χ4v) is 3.17. The topological polar surface area (TPSA) is 38.1 Å². The van der Waals surface area contributed by atoms with Gasteiger partial charge in [-0.05, 0) is 49.2 Å². The summed E-state index contributed by atoms with van der Waals surface area (Å²) in [5, 5.41) is 10.7. The Balaban J connectivity index is 2.01. The molecule has 1 aliphatic rings. The van der Waals surface area contributed by atoms with E-state index in [2.05, 4.69) is 26.6 Å². The normalized spacial score (nSPS) is 14.8. The van der Waals surface area contributed by atoms with E-state index < -0.39 is 0 Å². The van der Waals surface area contributed by atoms with Crippen molar-refractivity contribution >= 4 is 38.6 Å². The molecular weight excluding hydrogens is 352 g/mol. The molecule has 0 unspecified atom stereocenters. The molecule has 1 fully saturated rings. The summed E-state index contributed by atoms with van der Waals surface area (Å²) in [5.41, 5.74) is 2.75. The third-order valence-corrected chi connectivity index (χ3v) is 4.49. The van der Waals surface area contributed by atoms with Crippen LogP contribution in [-0.4, -0.2) is 14.7 Å². The van der Waals surface area contributed by atoms with Crippen LogP contribution in [0.25, 0.3) is 22.4 Å². The monoisotopic (exact) mass is 362 g/mol. The summed E-state index contributed by atoms with van der Waals surface area (Å²) in [7, 11) is 0. The molecule has 4 rings (SSSR count). The van der Waals surface area contributed by atoms with Gasteiger partial charge in [-0.2, -0.15) is 0 Å². The standard InChI is InChI=1S/C16H12BrClN2O/c17-9-1-6-14-13(7-9)19-16(20(14)11-3-4-11)12-5-2-10(18)8-15(12)21/h1-2,5-8,11,21H,3-4H2. The van der Waals surface area contributed by atoms with Gasteiger partial charge in [-0.1, -0.05) is 27.5 Å². The maximum atomic E-state index is 10.2. The molecule has 5 heteroatoms. The minimum Gasteiger partial charge on any atom is -0.507 e. The number of aromatic nitrogens is 2. The first-order valence-electron chi connectivity index (χ1n) is 6.80. The predicted molar refractivity (Wildman–Crippen MR) is 87.8 cm³/mol. The van der Waals surface area contributed by atoms with Gasteiger partial charge in [-0.25, -0.2) is 4.98 Å². The number of halogens is 2. The van der Waals surface area contributed by atoms with Gasteiger partial charge in [-0.3, -0.25) is 0 Å². The number of imidazole rings is 1. The number of rotatable bonds is 2. The number of phenols is 1. The number of phenolic OH excluding ortho intramolecular Hbond substituents is 1. The van der Waals surface area contributed by atoms with Crippen LogP contribution in [0.4, 0.5) is 0 Å². The smallest absolute Gasteiger partial charge is 0.145 e. The van der Waals surface area contributed by atoms with Gasteiger partial charge in [0.15, 0.2) is 0 Å².